The Hall–Kier alpha value is -1.87. The van der Waals surface area contributed by atoms with Gasteiger partial charge in [-0.05, 0) is 49.2 Å². The van der Waals surface area contributed by atoms with Gasteiger partial charge in [-0.1, -0.05) is 11.6 Å². The van der Waals surface area contributed by atoms with Crippen molar-refractivity contribution in [3.05, 3.63) is 46.5 Å². The Morgan fingerprint density at radius 1 is 0.889 bits per heavy atom. The van der Waals surface area contributed by atoms with Crippen molar-refractivity contribution < 1.29 is 4.74 Å². The molecular formula is C14H15ClN2O. The molecule has 0 unspecified atom stereocenters. The maximum absolute atomic E-state index is 6.11. The summed E-state index contributed by atoms with van der Waals surface area (Å²) in [6, 6.07) is 8.99. The summed E-state index contributed by atoms with van der Waals surface area (Å²) in [5.74, 6) is 1.39. The van der Waals surface area contributed by atoms with E-state index < -0.39 is 0 Å². The zero-order valence-electron chi connectivity index (χ0n) is 10.3. The van der Waals surface area contributed by atoms with Crippen LogP contribution in [0.2, 0.25) is 5.02 Å². The highest BCUT2D eigenvalue weighted by atomic mass is 35.5. The van der Waals surface area contributed by atoms with Crippen LogP contribution in [0.3, 0.4) is 0 Å². The molecule has 4 heteroatoms. The minimum absolute atomic E-state index is 0.509. The number of hydrogen-bond acceptors (Lipinski definition) is 3. The Bertz CT molecular complexity index is 573. The molecule has 0 heterocycles. The normalized spacial score (nSPS) is 10.4. The second-order valence-corrected chi connectivity index (χ2v) is 4.64. The van der Waals surface area contributed by atoms with E-state index in [0.29, 0.717) is 17.1 Å². The van der Waals surface area contributed by atoms with Gasteiger partial charge in [0.1, 0.15) is 11.5 Å². The Morgan fingerprint density at radius 3 is 2.06 bits per heavy atom. The second-order valence-electron chi connectivity index (χ2n) is 4.26. The molecule has 0 saturated carbocycles. The van der Waals surface area contributed by atoms with Crippen LogP contribution < -0.4 is 16.2 Å². The Labute approximate surface area is 111 Å². The predicted molar refractivity (Wildman–Crippen MR) is 76.3 cm³/mol. The van der Waals surface area contributed by atoms with Crippen LogP contribution in [0.15, 0.2) is 30.3 Å². The van der Waals surface area contributed by atoms with E-state index in [2.05, 4.69) is 0 Å². The standard InChI is InChI=1S/C14H15ClN2O/c1-8-5-11(6-9(2)14(8)15)18-10-3-4-12(16)13(17)7-10/h3-7H,16-17H2,1-2H3. The van der Waals surface area contributed by atoms with Crippen molar-refractivity contribution in [3.63, 3.8) is 0 Å². The van der Waals surface area contributed by atoms with Gasteiger partial charge in [0.25, 0.3) is 0 Å². The van der Waals surface area contributed by atoms with E-state index in [1.807, 2.05) is 26.0 Å². The van der Waals surface area contributed by atoms with Crippen molar-refractivity contribution in [2.24, 2.45) is 0 Å². The molecule has 0 aliphatic rings. The first-order chi connectivity index (χ1) is 8.47. The van der Waals surface area contributed by atoms with Gasteiger partial charge in [-0.25, -0.2) is 0 Å². The van der Waals surface area contributed by atoms with Gasteiger partial charge in [-0.2, -0.15) is 0 Å². The van der Waals surface area contributed by atoms with Crippen LogP contribution in [-0.4, -0.2) is 0 Å². The van der Waals surface area contributed by atoms with Gasteiger partial charge in [0.15, 0.2) is 0 Å². The molecule has 2 aromatic carbocycles. The number of hydrogen-bond donors (Lipinski definition) is 2. The lowest BCUT2D eigenvalue weighted by molar-refractivity contribution is 0.482. The molecular weight excluding hydrogens is 248 g/mol. The summed E-state index contributed by atoms with van der Waals surface area (Å²) in [6.07, 6.45) is 0. The number of halogens is 1. The van der Waals surface area contributed by atoms with Gasteiger partial charge in [0.05, 0.1) is 11.4 Å². The summed E-state index contributed by atoms with van der Waals surface area (Å²) in [5.41, 5.74) is 14.4. The van der Waals surface area contributed by atoms with Crippen molar-refractivity contribution >= 4 is 23.0 Å². The number of nitrogen functional groups attached to an aromatic ring is 2. The maximum atomic E-state index is 6.11. The lowest BCUT2D eigenvalue weighted by Crippen LogP contribution is -1.95. The van der Waals surface area contributed by atoms with Crippen molar-refractivity contribution in [2.45, 2.75) is 13.8 Å². The number of ether oxygens (including phenoxy) is 1. The third-order valence-corrected chi connectivity index (χ3v) is 3.30. The van der Waals surface area contributed by atoms with Gasteiger partial charge in [0.2, 0.25) is 0 Å². The van der Waals surface area contributed by atoms with Crippen LogP contribution >= 0.6 is 11.6 Å². The van der Waals surface area contributed by atoms with E-state index in [1.165, 1.54) is 0 Å². The minimum Gasteiger partial charge on any atom is -0.457 e. The fraction of sp³-hybridized carbons (Fsp3) is 0.143. The molecule has 0 radical (unpaired) electrons. The highest BCUT2D eigenvalue weighted by Gasteiger charge is 2.05. The van der Waals surface area contributed by atoms with Crippen LogP contribution in [0.5, 0.6) is 11.5 Å². The lowest BCUT2D eigenvalue weighted by atomic mass is 10.1. The molecule has 0 saturated heterocycles. The summed E-state index contributed by atoms with van der Waals surface area (Å²) in [7, 11) is 0. The fourth-order valence-electron chi connectivity index (χ4n) is 1.72. The Balaban J connectivity index is 2.31. The average Bonchev–Trinajstić information content (AvgIpc) is 2.31. The second kappa shape index (κ2) is 4.78. The first-order valence-corrected chi connectivity index (χ1v) is 5.95. The van der Waals surface area contributed by atoms with E-state index in [9.17, 15) is 0 Å². The molecule has 4 N–H and O–H groups in total. The van der Waals surface area contributed by atoms with Gasteiger partial charge in [-0.15, -0.1) is 0 Å². The van der Waals surface area contributed by atoms with Crippen molar-refractivity contribution in [2.75, 3.05) is 11.5 Å². The number of anilines is 2. The largest absolute Gasteiger partial charge is 0.457 e. The molecule has 18 heavy (non-hydrogen) atoms. The monoisotopic (exact) mass is 262 g/mol. The highest BCUT2D eigenvalue weighted by Crippen LogP contribution is 2.30. The fourth-order valence-corrected chi connectivity index (χ4v) is 1.83. The molecule has 2 aromatic rings. The number of benzene rings is 2. The van der Waals surface area contributed by atoms with Gasteiger partial charge < -0.3 is 16.2 Å². The average molecular weight is 263 g/mol. The molecule has 2 rings (SSSR count). The van der Waals surface area contributed by atoms with E-state index in [4.69, 9.17) is 27.8 Å². The molecule has 0 fully saturated rings. The topological polar surface area (TPSA) is 61.3 Å². The van der Waals surface area contributed by atoms with Gasteiger partial charge in [0, 0.05) is 11.1 Å². The molecule has 0 aromatic heterocycles. The van der Waals surface area contributed by atoms with Crippen molar-refractivity contribution in [1.82, 2.24) is 0 Å². The Morgan fingerprint density at radius 2 is 1.50 bits per heavy atom. The maximum Gasteiger partial charge on any atom is 0.129 e. The van der Waals surface area contributed by atoms with Crippen LogP contribution in [0, 0.1) is 13.8 Å². The molecule has 0 spiro atoms. The van der Waals surface area contributed by atoms with Crippen LogP contribution in [-0.2, 0) is 0 Å². The predicted octanol–water partition coefficient (Wildman–Crippen LogP) is 3.91. The van der Waals surface area contributed by atoms with Gasteiger partial charge in [-0.3, -0.25) is 0 Å². The van der Waals surface area contributed by atoms with E-state index in [-0.39, 0.29) is 0 Å². The smallest absolute Gasteiger partial charge is 0.129 e. The molecule has 0 atom stereocenters. The zero-order valence-corrected chi connectivity index (χ0v) is 11.1. The highest BCUT2D eigenvalue weighted by molar-refractivity contribution is 6.32. The molecule has 0 amide bonds. The van der Waals surface area contributed by atoms with Crippen LogP contribution in [0.25, 0.3) is 0 Å². The first-order valence-electron chi connectivity index (χ1n) is 5.57. The first kappa shape index (κ1) is 12.6. The van der Waals surface area contributed by atoms with E-state index in [0.717, 1.165) is 21.9 Å². The van der Waals surface area contributed by atoms with Crippen LogP contribution in [0.4, 0.5) is 11.4 Å². The van der Waals surface area contributed by atoms with Crippen molar-refractivity contribution in [1.29, 1.82) is 0 Å². The summed E-state index contributed by atoms with van der Waals surface area (Å²) in [5, 5.41) is 0.763. The number of nitrogens with two attached hydrogens (primary N) is 2. The van der Waals surface area contributed by atoms with Crippen molar-refractivity contribution in [3.8, 4) is 11.5 Å². The number of rotatable bonds is 2. The lowest BCUT2D eigenvalue weighted by Gasteiger charge is -2.10. The summed E-state index contributed by atoms with van der Waals surface area (Å²) in [4.78, 5) is 0. The number of aryl methyl sites for hydroxylation is 2. The minimum atomic E-state index is 0.509. The molecule has 0 bridgehead atoms. The third-order valence-electron chi connectivity index (χ3n) is 2.70. The molecule has 0 aliphatic heterocycles. The van der Waals surface area contributed by atoms with E-state index in [1.54, 1.807) is 18.2 Å². The summed E-state index contributed by atoms with van der Waals surface area (Å²) in [6.45, 7) is 3.89. The molecule has 0 aliphatic carbocycles. The third kappa shape index (κ3) is 2.51. The summed E-state index contributed by atoms with van der Waals surface area (Å²) >= 11 is 6.11. The molecule has 94 valence electrons. The van der Waals surface area contributed by atoms with E-state index >= 15 is 0 Å². The molecule has 3 nitrogen and oxygen atoms in total. The zero-order chi connectivity index (χ0) is 13.3. The Kier molecular flexibility index (Phi) is 3.34. The van der Waals surface area contributed by atoms with Crippen LogP contribution in [0.1, 0.15) is 11.1 Å². The quantitative estimate of drug-likeness (QED) is 0.807. The van der Waals surface area contributed by atoms with Gasteiger partial charge >= 0.3 is 0 Å². The SMILES string of the molecule is Cc1cc(Oc2ccc(N)c(N)c2)cc(C)c1Cl. The summed E-state index contributed by atoms with van der Waals surface area (Å²) < 4.78 is 5.74.